The number of anilines is 1. The van der Waals surface area contributed by atoms with Crippen molar-refractivity contribution in [1.29, 1.82) is 0 Å². The van der Waals surface area contributed by atoms with Gasteiger partial charge in [-0.1, -0.05) is 6.92 Å². The van der Waals surface area contributed by atoms with E-state index < -0.39 is 0 Å². The first-order valence-corrected chi connectivity index (χ1v) is 7.22. The number of hydrogen-bond acceptors (Lipinski definition) is 2. The van der Waals surface area contributed by atoms with E-state index in [-0.39, 0.29) is 11.9 Å². The Morgan fingerprint density at radius 2 is 1.84 bits per heavy atom. The molecule has 0 heterocycles. The molecule has 0 aromatic heterocycles. The molecular formula is C16H27FN2. The van der Waals surface area contributed by atoms with Crippen LogP contribution in [-0.2, 0) is 0 Å². The first kappa shape index (κ1) is 16.0. The van der Waals surface area contributed by atoms with Crippen molar-refractivity contribution in [3.8, 4) is 0 Å². The SMILES string of the molecule is CCNC(C)c1cc(F)c(C)cc1N(CC)C(C)C. The fraction of sp³-hybridized carbons (Fsp3) is 0.625. The van der Waals surface area contributed by atoms with Gasteiger partial charge in [0.05, 0.1) is 0 Å². The number of benzene rings is 1. The van der Waals surface area contributed by atoms with Crippen LogP contribution in [0.5, 0.6) is 0 Å². The third kappa shape index (κ3) is 3.69. The number of halogens is 1. The second-order valence-electron chi connectivity index (χ2n) is 5.32. The average molecular weight is 266 g/mol. The summed E-state index contributed by atoms with van der Waals surface area (Å²) in [6.45, 7) is 14.3. The zero-order valence-electron chi connectivity index (χ0n) is 13.0. The Balaban J connectivity index is 3.30. The smallest absolute Gasteiger partial charge is 0.126 e. The zero-order valence-corrected chi connectivity index (χ0v) is 13.0. The highest BCUT2D eigenvalue weighted by Crippen LogP contribution is 2.30. The standard InChI is InChI=1S/C16H27FN2/c1-7-18-13(6)14-10-15(17)12(5)9-16(14)19(8-2)11(3)4/h9-11,13,18H,7-8H2,1-6H3. The van der Waals surface area contributed by atoms with Gasteiger partial charge in [-0.05, 0) is 64.4 Å². The van der Waals surface area contributed by atoms with Crippen LogP contribution in [0.2, 0.25) is 0 Å². The average Bonchev–Trinajstić information content (AvgIpc) is 2.34. The molecule has 19 heavy (non-hydrogen) atoms. The molecule has 0 aliphatic rings. The van der Waals surface area contributed by atoms with Gasteiger partial charge >= 0.3 is 0 Å². The molecule has 0 bridgehead atoms. The van der Waals surface area contributed by atoms with E-state index in [1.807, 2.05) is 13.0 Å². The topological polar surface area (TPSA) is 15.3 Å². The lowest BCUT2D eigenvalue weighted by atomic mass is 10.0. The summed E-state index contributed by atoms with van der Waals surface area (Å²) < 4.78 is 13.9. The minimum Gasteiger partial charge on any atom is -0.369 e. The Kier molecular flexibility index (Phi) is 5.80. The molecule has 0 amide bonds. The molecule has 0 aliphatic carbocycles. The van der Waals surface area contributed by atoms with E-state index in [1.165, 1.54) is 0 Å². The predicted octanol–water partition coefficient (Wildman–Crippen LogP) is 4.04. The normalized spacial score (nSPS) is 12.8. The highest BCUT2D eigenvalue weighted by Gasteiger charge is 2.18. The zero-order chi connectivity index (χ0) is 14.6. The van der Waals surface area contributed by atoms with Crippen LogP contribution in [0.1, 0.15) is 51.8 Å². The van der Waals surface area contributed by atoms with Crippen LogP contribution in [0.15, 0.2) is 12.1 Å². The maximum atomic E-state index is 13.9. The molecule has 1 rings (SSSR count). The lowest BCUT2D eigenvalue weighted by Crippen LogP contribution is -2.32. The highest BCUT2D eigenvalue weighted by atomic mass is 19.1. The monoisotopic (exact) mass is 266 g/mol. The molecule has 1 atom stereocenters. The van der Waals surface area contributed by atoms with Crippen molar-refractivity contribution < 1.29 is 4.39 Å². The molecule has 3 heteroatoms. The van der Waals surface area contributed by atoms with Crippen molar-refractivity contribution in [3.63, 3.8) is 0 Å². The second-order valence-corrected chi connectivity index (χ2v) is 5.32. The second kappa shape index (κ2) is 6.90. The van der Waals surface area contributed by atoms with Gasteiger partial charge in [0.25, 0.3) is 0 Å². The Morgan fingerprint density at radius 1 is 1.21 bits per heavy atom. The van der Waals surface area contributed by atoms with Crippen molar-refractivity contribution in [2.75, 3.05) is 18.0 Å². The summed E-state index contributed by atoms with van der Waals surface area (Å²) >= 11 is 0. The van der Waals surface area contributed by atoms with Crippen LogP contribution in [0, 0.1) is 12.7 Å². The summed E-state index contributed by atoms with van der Waals surface area (Å²) in [4.78, 5) is 2.32. The van der Waals surface area contributed by atoms with Crippen molar-refractivity contribution in [2.45, 2.75) is 53.6 Å². The van der Waals surface area contributed by atoms with Gasteiger partial charge in [-0.15, -0.1) is 0 Å². The number of aryl methyl sites for hydroxylation is 1. The molecule has 0 aliphatic heterocycles. The van der Waals surface area contributed by atoms with Gasteiger partial charge in [0.2, 0.25) is 0 Å². The van der Waals surface area contributed by atoms with Crippen LogP contribution in [0.3, 0.4) is 0 Å². The van der Waals surface area contributed by atoms with Crippen LogP contribution in [0.4, 0.5) is 10.1 Å². The molecule has 2 nitrogen and oxygen atoms in total. The largest absolute Gasteiger partial charge is 0.369 e. The van der Waals surface area contributed by atoms with E-state index in [9.17, 15) is 4.39 Å². The minimum absolute atomic E-state index is 0.122. The van der Waals surface area contributed by atoms with E-state index in [4.69, 9.17) is 0 Å². The number of nitrogens with zero attached hydrogens (tertiary/aromatic N) is 1. The Labute approximate surface area is 117 Å². The maximum absolute atomic E-state index is 13.9. The highest BCUT2D eigenvalue weighted by molar-refractivity contribution is 5.57. The van der Waals surface area contributed by atoms with Crippen molar-refractivity contribution >= 4 is 5.69 Å². The molecule has 0 radical (unpaired) electrons. The van der Waals surface area contributed by atoms with E-state index >= 15 is 0 Å². The van der Waals surface area contributed by atoms with E-state index in [1.54, 1.807) is 6.07 Å². The lowest BCUT2D eigenvalue weighted by Gasteiger charge is -2.32. The summed E-state index contributed by atoms with van der Waals surface area (Å²) in [5.74, 6) is -0.122. The summed E-state index contributed by atoms with van der Waals surface area (Å²) in [6.07, 6.45) is 0. The minimum atomic E-state index is -0.122. The number of hydrogen-bond donors (Lipinski definition) is 1. The van der Waals surface area contributed by atoms with E-state index in [2.05, 4.69) is 44.8 Å². The Morgan fingerprint density at radius 3 is 2.32 bits per heavy atom. The van der Waals surface area contributed by atoms with Crippen LogP contribution in [-0.4, -0.2) is 19.1 Å². The van der Waals surface area contributed by atoms with Crippen molar-refractivity contribution in [3.05, 3.63) is 29.1 Å². The third-order valence-corrected chi connectivity index (χ3v) is 3.56. The quantitative estimate of drug-likeness (QED) is 0.836. The molecule has 108 valence electrons. The van der Waals surface area contributed by atoms with Crippen LogP contribution < -0.4 is 10.2 Å². The van der Waals surface area contributed by atoms with Crippen LogP contribution >= 0.6 is 0 Å². The summed E-state index contributed by atoms with van der Waals surface area (Å²) in [7, 11) is 0. The van der Waals surface area contributed by atoms with Crippen molar-refractivity contribution in [1.82, 2.24) is 5.32 Å². The summed E-state index contributed by atoms with van der Waals surface area (Å²) in [6, 6.07) is 4.22. The molecular weight excluding hydrogens is 239 g/mol. The molecule has 0 fully saturated rings. The molecule has 1 N–H and O–H groups in total. The fourth-order valence-corrected chi connectivity index (χ4v) is 2.51. The summed E-state index contributed by atoms with van der Waals surface area (Å²) in [5, 5.41) is 3.37. The predicted molar refractivity (Wildman–Crippen MR) is 81.4 cm³/mol. The fourth-order valence-electron chi connectivity index (χ4n) is 2.51. The lowest BCUT2D eigenvalue weighted by molar-refractivity contribution is 0.574. The molecule has 0 spiro atoms. The van der Waals surface area contributed by atoms with Gasteiger partial charge in [0, 0.05) is 24.3 Å². The van der Waals surface area contributed by atoms with E-state index in [0.717, 1.165) is 24.3 Å². The summed E-state index contributed by atoms with van der Waals surface area (Å²) in [5.41, 5.74) is 2.90. The first-order chi connectivity index (χ1) is 8.92. The van der Waals surface area contributed by atoms with Crippen molar-refractivity contribution in [2.24, 2.45) is 0 Å². The molecule has 1 unspecified atom stereocenters. The van der Waals surface area contributed by atoms with Gasteiger partial charge in [0.15, 0.2) is 0 Å². The maximum Gasteiger partial charge on any atom is 0.126 e. The number of rotatable bonds is 6. The van der Waals surface area contributed by atoms with Gasteiger partial charge in [-0.3, -0.25) is 0 Å². The Bertz CT molecular complexity index is 415. The molecule has 1 aromatic rings. The molecule has 1 aromatic carbocycles. The van der Waals surface area contributed by atoms with Gasteiger partial charge in [0.1, 0.15) is 5.82 Å². The van der Waals surface area contributed by atoms with Gasteiger partial charge < -0.3 is 10.2 Å². The van der Waals surface area contributed by atoms with Crippen LogP contribution in [0.25, 0.3) is 0 Å². The Hall–Kier alpha value is -1.09. The molecule has 0 saturated heterocycles. The number of nitrogens with one attached hydrogen (secondary N) is 1. The molecule has 0 saturated carbocycles. The van der Waals surface area contributed by atoms with E-state index in [0.29, 0.717) is 11.6 Å². The first-order valence-electron chi connectivity index (χ1n) is 7.22. The third-order valence-electron chi connectivity index (χ3n) is 3.56. The van der Waals surface area contributed by atoms with Gasteiger partial charge in [-0.25, -0.2) is 4.39 Å². The van der Waals surface area contributed by atoms with Gasteiger partial charge in [-0.2, -0.15) is 0 Å².